The number of nitrogens with one attached hydrogen (secondary N) is 1. The number of fused-ring (bicyclic) bond motifs is 1. The highest BCUT2D eigenvalue weighted by Gasteiger charge is 2.01. The maximum absolute atomic E-state index is 4.66. The van der Waals surface area contributed by atoms with Crippen molar-refractivity contribution < 1.29 is 0 Å². The van der Waals surface area contributed by atoms with Crippen molar-refractivity contribution in [3.8, 4) is 0 Å². The molecule has 1 aromatic carbocycles. The predicted molar refractivity (Wildman–Crippen MR) is 75.8 cm³/mol. The number of pyridine rings is 1. The minimum Gasteiger partial charge on any atom is -0.331 e. The van der Waals surface area contributed by atoms with Crippen molar-refractivity contribution in [1.29, 1.82) is 0 Å². The lowest BCUT2D eigenvalue weighted by atomic mass is 10.2. The van der Waals surface area contributed by atoms with E-state index >= 15 is 0 Å². The Morgan fingerprint density at radius 2 is 2.00 bits per heavy atom. The van der Waals surface area contributed by atoms with Gasteiger partial charge in [0.2, 0.25) is 0 Å². The van der Waals surface area contributed by atoms with Crippen LogP contribution < -0.4 is 5.32 Å². The Bertz CT molecular complexity index is 687. The van der Waals surface area contributed by atoms with E-state index in [1.807, 2.05) is 37.8 Å². The SMILES string of the molecule is CNCc1cn(Cc2ccc3ccccc3n2)cn1. The Hall–Kier alpha value is -2.20. The van der Waals surface area contributed by atoms with Gasteiger partial charge in [-0.1, -0.05) is 24.3 Å². The van der Waals surface area contributed by atoms with Gasteiger partial charge >= 0.3 is 0 Å². The van der Waals surface area contributed by atoms with Crippen LogP contribution in [0.3, 0.4) is 0 Å². The van der Waals surface area contributed by atoms with Crippen LogP contribution in [0.25, 0.3) is 10.9 Å². The molecule has 3 aromatic rings. The van der Waals surface area contributed by atoms with Gasteiger partial charge < -0.3 is 9.88 Å². The van der Waals surface area contributed by atoms with Crippen LogP contribution in [-0.2, 0) is 13.1 Å². The van der Waals surface area contributed by atoms with Crippen LogP contribution in [0.15, 0.2) is 48.9 Å². The van der Waals surface area contributed by atoms with Crippen molar-refractivity contribution in [2.75, 3.05) is 7.05 Å². The molecule has 0 aliphatic carbocycles. The van der Waals surface area contributed by atoms with E-state index in [4.69, 9.17) is 0 Å². The smallest absolute Gasteiger partial charge is 0.0953 e. The standard InChI is InChI=1S/C15H16N4/c1-16-8-14-10-19(11-17-14)9-13-7-6-12-4-2-3-5-15(12)18-13/h2-7,10-11,16H,8-9H2,1H3. The molecule has 1 N–H and O–H groups in total. The highest BCUT2D eigenvalue weighted by atomic mass is 15.0. The summed E-state index contributed by atoms with van der Waals surface area (Å²) in [5, 5.41) is 4.27. The Balaban J connectivity index is 1.83. The van der Waals surface area contributed by atoms with Crippen molar-refractivity contribution in [1.82, 2.24) is 19.9 Å². The molecule has 0 unspecified atom stereocenters. The summed E-state index contributed by atoms with van der Waals surface area (Å²) < 4.78 is 2.06. The second-order valence-electron chi connectivity index (χ2n) is 4.56. The maximum Gasteiger partial charge on any atom is 0.0953 e. The van der Waals surface area contributed by atoms with Gasteiger partial charge in [0.15, 0.2) is 0 Å². The summed E-state index contributed by atoms with van der Waals surface area (Å²) in [7, 11) is 1.92. The first-order valence-corrected chi connectivity index (χ1v) is 6.35. The third kappa shape index (κ3) is 2.63. The van der Waals surface area contributed by atoms with Gasteiger partial charge in [-0.05, 0) is 19.2 Å². The van der Waals surface area contributed by atoms with E-state index in [0.717, 1.165) is 30.0 Å². The van der Waals surface area contributed by atoms with E-state index in [1.54, 1.807) is 0 Å². The molecule has 0 atom stereocenters. The molecule has 4 heteroatoms. The number of hydrogen-bond acceptors (Lipinski definition) is 3. The average Bonchev–Trinajstić information content (AvgIpc) is 2.86. The van der Waals surface area contributed by atoms with E-state index in [2.05, 4.69) is 38.1 Å². The average molecular weight is 252 g/mol. The van der Waals surface area contributed by atoms with Crippen LogP contribution in [0.5, 0.6) is 0 Å². The first-order valence-electron chi connectivity index (χ1n) is 6.35. The molecule has 2 heterocycles. The fourth-order valence-electron chi connectivity index (χ4n) is 2.15. The van der Waals surface area contributed by atoms with Gasteiger partial charge in [0.1, 0.15) is 0 Å². The van der Waals surface area contributed by atoms with Gasteiger partial charge in [-0.2, -0.15) is 0 Å². The number of imidazole rings is 1. The third-order valence-electron chi connectivity index (χ3n) is 3.05. The van der Waals surface area contributed by atoms with Crippen molar-refractivity contribution in [3.05, 3.63) is 60.3 Å². The number of rotatable bonds is 4. The zero-order chi connectivity index (χ0) is 13.1. The van der Waals surface area contributed by atoms with Crippen LogP contribution in [0.4, 0.5) is 0 Å². The minimum atomic E-state index is 0.752. The molecule has 2 aromatic heterocycles. The lowest BCUT2D eigenvalue weighted by Gasteiger charge is -2.03. The largest absolute Gasteiger partial charge is 0.331 e. The molecule has 96 valence electrons. The first-order chi connectivity index (χ1) is 9.35. The Labute approximate surface area is 112 Å². The van der Waals surface area contributed by atoms with Gasteiger partial charge in [0, 0.05) is 18.1 Å². The second kappa shape index (κ2) is 5.20. The minimum absolute atomic E-state index is 0.752. The zero-order valence-electron chi connectivity index (χ0n) is 10.9. The predicted octanol–water partition coefficient (Wildman–Crippen LogP) is 2.20. The van der Waals surface area contributed by atoms with E-state index < -0.39 is 0 Å². The Morgan fingerprint density at radius 1 is 1.11 bits per heavy atom. The molecular weight excluding hydrogens is 236 g/mol. The molecule has 4 nitrogen and oxygen atoms in total. The van der Waals surface area contributed by atoms with Crippen LogP contribution in [-0.4, -0.2) is 21.6 Å². The summed E-state index contributed by atoms with van der Waals surface area (Å²) in [5.41, 5.74) is 3.13. The topological polar surface area (TPSA) is 42.7 Å². The molecule has 0 spiro atoms. The lowest BCUT2D eigenvalue weighted by Crippen LogP contribution is -2.05. The van der Waals surface area contributed by atoms with Crippen LogP contribution in [0.2, 0.25) is 0 Å². The second-order valence-corrected chi connectivity index (χ2v) is 4.56. The first kappa shape index (κ1) is 11.9. The van der Waals surface area contributed by atoms with Crippen molar-refractivity contribution >= 4 is 10.9 Å². The van der Waals surface area contributed by atoms with Crippen LogP contribution in [0, 0.1) is 0 Å². The molecule has 0 saturated carbocycles. The molecule has 0 aliphatic heterocycles. The molecule has 0 amide bonds. The summed E-state index contributed by atoms with van der Waals surface area (Å²) in [6.07, 6.45) is 3.90. The molecule has 0 bridgehead atoms. The summed E-state index contributed by atoms with van der Waals surface area (Å²) in [6, 6.07) is 12.3. The maximum atomic E-state index is 4.66. The van der Waals surface area contributed by atoms with Gasteiger partial charge in [-0.3, -0.25) is 4.98 Å². The van der Waals surface area contributed by atoms with E-state index in [0.29, 0.717) is 0 Å². The highest BCUT2D eigenvalue weighted by Crippen LogP contribution is 2.12. The number of hydrogen-bond donors (Lipinski definition) is 1. The molecular formula is C15H16N4. The highest BCUT2D eigenvalue weighted by molar-refractivity contribution is 5.78. The molecule has 0 saturated heterocycles. The van der Waals surface area contributed by atoms with Gasteiger partial charge in [0.05, 0.1) is 29.8 Å². The van der Waals surface area contributed by atoms with Crippen molar-refractivity contribution in [2.24, 2.45) is 0 Å². The monoisotopic (exact) mass is 252 g/mol. The summed E-state index contributed by atoms with van der Waals surface area (Å²) in [5.74, 6) is 0. The fraction of sp³-hybridized carbons (Fsp3) is 0.200. The number of para-hydroxylation sites is 1. The quantitative estimate of drug-likeness (QED) is 0.774. The van der Waals surface area contributed by atoms with Gasteiger partial charge in [0.25, 0.3) is 0 Å². The lowest BCUT2D eigenvalue weighted by molar-refractivity contribution is 0.769. The summed E-state index contributed by atoms with van der Waals surface area (Å²) in [4.78, 5) is 9.00. The molecule has 0 radical (unpaired) electrons. The van der Waals surface area contributed by atoms with Gasteiger partial charge in [-0.15, -0.1) is 0 Å². The fourth-order valence-corrected chi connectivity index (χ4v) is 2.15. The zero-order valence-corrected chi connectivity index (χ0v) is 10.9. The normalized spacial score (nSPS) is 11.0. The van der Waals surface area contributed by atoms with E-state index in [1.165, 1.54) is 5.39 Å². The van der Waals surface area contributed by atoms with Crippen LogP contribution >= 0.6 is 0 Å². The summed E-state index contributed by atoms with van der Waals surface area (Å²) in [6.45, 7) is 1.54. The molecule has 3 rings (SSSR count). The number of benzene rings is 1. The Morgan fingerprint density at radius 3 is 2.89 bits per heavy atom. The van der Waals surface area contributed by atoms with E-state index in [9.17, 15) is 0 Å². The molecule has 19 heavy (non-hydrogen) atoms. The van der Waals surface area contributed by atoms with E-state index in [-0.39, 0.29) is 0 Å². The van der Waals surface area contributed by atoms with Crippen molar-refractivity contribution in [2.45, 2.75) is 13.1 Å². The number of nitrogens with zero attached hydrogens (tertiary/aromatic N) is 3. The van der Waals surface area contributed by atoms with Crippen molar-refractivity contribution in [3.63, 3.8) is 0 Å². The molecule has 0 aliphatic rings. The summed E-state index contributed by atoms with van der Waals surface area (Å²) >= 11 is 0. The third-order valence-corrected chi connectivity index (χ3v) is 3.05. The molecule has 0 fully saturated rings. The Kier molecular flexibility index (Phi) is 3.25. The van der Waals surface area contributed by atoms with Crippen LogP contribution in [0.1, 0.15) is 11.4 Å². The number of aromatic nitrogens is 3. The van der Waals surface area contributed by atoms with Gasteiger partial charge in [-0.25, -0.2) is 4.98 Å².